The number of carboxylic acid groups (broad SMARTS) is 1. The maximum atomic E-state index is 12.6. The normalized spacial score (nSPS) is 13.2. The molecule has 0 unspecified atom stereocenters. The van der Waals surface area contributed by atoms with Crippen molar-refractivity contribution in [2.24, 2.45) is 16.0 Å². The van der Waals surface area contributed by atoms with E-state index in [-0.39, 0.29) is 23.7 Å². The van der Waals surface area contributed by atoms with Crippen molar-refractivity contribution >= 4 is 56.1 Å². The van der Waals surface area contributed by atoms with Crippen LogP contribution in [-0.4, -0.2) is 42.4 Å². The van der Waals surface area contributed by atoms with E-state index in [1.165, 1.54) is 30.6 Å². The van der Waals surface area contributed by atoms with Crippen molar-refractivity contribution in [3.63, 3.8) is 0 Å². The zero-order valence-electron chi connectivity index (χ0n) is 14.3. The summed E-state index contributed by atoms with van der Waals surface area (Å²) >= 11 is 5.27. The Morgan fingerprint density at radius 2 is 2.00 bits per heavy atom. The number of carbonyl (C=O) groups is 2. The molecule has 1 aromatic carbocycles. The second-order valence-corrected chi connectivity index (χ2v) is 7.56. The van der Waals surface area contributed by atoms with Gasteiger partial charge in [0.25, 0.3) is 0 Å². The van der Waals surface area contributed by atoms with Gasteiger partial charge in [0, 0.05) is 35.2 Å². The van der Waals surface area contributed by atoms with E-state index in [0.717, 1.165) is 0 Å². The summed E-state index contributed by atoms with van der Waals surface area (Å²) in [6.45, 7) is 0. The van der Waals surface area contributed by atoms with E-state index in [1.807, 2.05) is 0 Å². The molecular formula is C15H17ClN6O5S. The number of carbonyl (C=O) groups excluding carboxylic acids is 1. The standard InChI is InChI=1S/C15H17ClN6O5S/c16-21-15(18)20-12-7-19-6-8-5-9(1-2-10(8)12)28(26,27)22-11(14(24)25)3-4-13(17)23/h1-2,5-7,11,22H,3-4H2,(H2,17,23)(H,24,25)(H3,18,20,21)/t11-/m0/s1. The zero-order valence-corrected chi connectivity index (χ0v) is 15.9. The number of guanidine groups is 1. The van der Waals surface area contributed by atoms with Crippen LogP contribution >= 0.6 is 11.8 Å². The molecule has 1 atom stereocenters. The summed E-state index contributed by atoms with van der Waals surface area (Å²) in [5, 5.41) is 12.9. The van der Waals surface area contributed by atoms with Crippen LogP contribution < -0.4 is 21.5 Å². The molecule has 1 aromatic heterocycles. The van der Waals surface area contributed by atoms with Gasteiger partial charge in [0.05, 0.1) is 16.8 Å². The number of carboxylic acids is 1. The van der Waals surface area contributed by atoms with Gasteiger partial charge in [-0.1, -0.05) is 6.07 Å². The quantitative estimate of drug-likeness (QED) is 0.289. The summed E-state index contributed by atoms with van der Waals surface area (Å²) in [6.07, 6.45) is 2.33. The number of benzene rings is 1. The van der Waals surface area contributed by atoms with Crippen molar-refractivity contribution in [2.75, 3.05) is 5.32 Å². The lowest BCUT2D eigenvalue weighted by molar-refractivity contribution is -0.139. The molecule has 0 aliphatic heterocycles. The Kier molecular flexibility index (Phi) is 6.72. The van der Waals surface area contributed by atoms with Gasteiger partial charge < -0.3 is 21.9 Å². The summed E-state index contributed by atoms with van der Waals surface area (Å²) < 4.78 is 30.4. The molecule has 1 heterocycles. The molecule has 0 fully saturated rings. The van der Waals surface area contributed by atoms with Gasteiger partial charge in [-0.15, -0.1) is 4.51 Å². The molecule has 0 spiro atoms. The van der Waals surface area contributed by atoms with E-state index in [2.05, 4.69) is 19.5 Å². The van der Waals surface area contributed by atoms with Gasteiger partial charge in [0.15, 0.2) is 0 Å². The van der Waals surface area contributed by atoms with Crippen LogP contribution in [0, 0.1) is 0 Å². The summed E-state index contributed by atoms with van der Waals surface area (Å²) in [5.74, 6) is -2.23. The summed E-state index contributed by atoms with van der Waals surface area (Å²) in [4.78, 5) is 25.9. The fraction of sp³-hybridized carbons (Fsp3) is 0.200. The molecule has 0 bridgehead atoms. The van der Waals surface area contributed by atoms with Crippen LogP contribution in [0.3, 0.4) is 0 Å². The number of fused-ring (bicyclic) bond motifs is 1. The average molecular weight is 429 g/mol. The smallest absolute Gasteiger partial charge is 0.321 e. The topological polar surface area (TPSA) is 190 Å². The number of aliphatic carboxylic acids is 1. The molecule has 0 saturated heterocycles. The second kappa shape index (κ2) is 8.82. The highest BCUT2D eigenvalue weighted by molar-refractivity contribution is 7.89. The van der Waals surface area contributed by atoms with Gasteiger partial charge >= 0.3 is 5.97 Å². The molecule has 150 valence electrons. The summed E-state index contributed by atoms with van der Waals surface area (Å²) in [6, 6.07) is 2.60. The van der Waals surface area contributed by atoms with Crippen LogP contribution in [-0.2, 0) is 19.6 Å². The molecule has 0 aliphatic carbocycles. The molecule has 2 aromatic rings. The number of nitrogens with two attached hydrogens (primary N) is 2. The molecule has 11 nitrogen and oxygen atoms in total. The summed E-state index contributed by atoms with van der Waals surface area (Å²) in [7, 11) is -4.19. The van der Waals surface area contributed by atoms with Crippen molar-refractivity contribution < 1.29 is 23.1 Å². The van der Waals surface area contributed by atoms with Crippen LogP contribution in [0.1, 0.15) is 12.8 Å². The second-order valence-electron chi connectivity index (χ2n) is 5.68. The predicted molar refractivity (Wildman–Crippen MR) is 103 cm³/mol. The van der Waals surface area contributed by atoms with Gasteiger partial charge in [-0.3, -0.25) is 14.6 Å². The molecule has 0 saturated carbocycles. The highest BCUT2D eigenvalue weighted by Crippen LogP contribution is 2.25. The third-order valence-electron chi connectivity index (χ3n) is 3.67. The Morgan fingerprint density at radius 3 is 2.61 bits per heavy atom. The average Bonchev–Trinajstić information content (AvgIpc) is 2.64. The number of sulfonamides is 1. The Bertz CT molecular complexity index is 1040. The SMILES string of the molecule is NC(=O)CC[C@H](NS(=O)(=O)c1ccc2c(NC(N)=NCl)cncc2c1)C(=O)O. The molecule has 2 rings (SSSR count). The van der Waals surface area contributed by atoms with E-state index >= 15 is 0 Å². The maximum absolute atomic E-state index is 12.6. The van der Waals surface area contributed by atoms with Crippen LogP contribution in [0.25, 0.3) is 10.8 Å². The molecule has 13 heteroatoms. The molecule has 0 aliphatic rings. The van der Waals surface area contributed by atoms with E-state index in [4.69, 9.17) is 23.2 Å². The van der Waals surface area contributed by atoms with Gasteiger partial charge in [-0.05, 0) is 18.6 Å². The minimum Gasteiger partial charge on any atom is -0.480 e. The Balaban J connectivity index is 2.35. The maximum Gasteiger partial charge on any atom is 0.321 e. The molecule has 0 radical (unpaired) electrons. The lowest BCUT2D eigenvalue weighted by atomic mass is 10.1. The minimum absolute atomic E-state index is 0.0758. The number of halogens is 1. The first-order valence-corrected chi connectivity index (χ1v) is 9.59. The number of aromatic nitrogens is 1. The number of nitrogens with one attached hydrogen (secondary N) is 2. The van der Waals surface area contributed by atoms with Gasteiger partial charge in [-0.2, -0.15) is 4.72 Å². The molecule has 28 heavy (non-hydrogen) atoms. The van der Waals surface area contributed by atoms with Crippen LogP contribution in [0.4, 0.5) is 5.69 Å². The van der Waals surface area contributed by atoms with Gasteiger partial charge in [0.1, 0.15) is 6.04 Å². The lowest BCUT2D eigenvalue weighted by Crippen LogP contribution is -2.41. The Hall–Kier alpha value is -2.96. The highest BCUT2D eigenvalue weighted by atomic mass is 35.5. The number of amides is 1. The molecular weight excluding hydrogens is 412 g/mol. The van der Waals surface area contributed by atoms with Crippen molar-refractivity contribution in [1.82, 2.24) is 9.71 Å². The number of primary amides is 1. The van der Waals surface area contributed by atoms with E-state index in [9.17, 15) is 23.1 Å². The van der Waals surface area contributed by atoms with E-state index in [0.29, 0.717) is 16.5 Å². The predicted octanol–water partition coefficient (Wildman–Crippen LogP) is 0.112. The Morgan fingerprint density at radius 1 is 1.29 bits per heavy atom. The van der Waals surface area contributed by atoms with Crippen LogP contribution in [0.2, 0.25) is 0 Å². The van der Waals surface area contributed by atoms with Crippen molar-refractivity contribution in [2.45, 2.75) is 23.8 Å². The van der Waals surface area contributed by atoms with Crippen LogP contribution in [0.15, 0.2) is 40.0 Å². The number of pyridine rings is 1. The molecule has 7 N–H and O–H groups in total. The number of nitrogens with zero attached hydrogens (tertiary/aromatic N) is 2. The van der Waals surface area contributed by atoms with Crippen LogP contribution in [0.5, 0.6) is 0 Å². The number of hydrogen-bond acceptors (Lipinski definition) is 6. The highest BCUT2D eigenvalue weighted by Gasteiger charge is 2.26. The molecule has 1 amide bonds. The van der Waals surface area contributed by atoms with E-state index < -0.39 is 27.9 Å². The number of rotatable bonds is 8. The number of anilines is 1. The monoisotopic (exact) mass is 428 g/mol. The van der Waals surface area contributed by atoms with Crippen molar-refractivity contribution in [3.8, 4) is 0 Å². The fourth-order valence-corrected chi connectivity index (χ4v) is 3.66. The Labute approximate surface area is 164 Å². The zero-order chi connectivity index (χ0) is 20.9. The third-order valence-corrected chi connectivity index (χ3v) is 5.32. The largest absolute Gasteiger partial charge is 0.480 e. The van der Waals surface area contributed by atoms with Gasteiger partial charge in [-0.25, -0.2) is 8.42 Å². The first-order valence-electron chi connectivity index (χ1n) is 7.76. The first-order chi connectivity index (χ1) is 13.1. The van der Waals surface area contributed by atoms with Crippen molar-refractivity contribution in [1.29, 1.82) is 0 Å². The van der Waals surface area contributed by atoms with E-state index in [1.54, 1.807) is 0 Å². The minimum atomic E-state index is -4.19. The fourth-order valence-electron chi connectivity index (χ4n) is 2.36. The van der Waals surface area contributed by atoms with Gasteiger partial charge in [0.2, 0.25) is 21.9 Å². The first kappa shape index (κ1) is 21.3. The van der Waals surface area contributed by atoms with Crippen molar-refractivity contribution in [3.05, 3.63) is 30.6 Å². The summed E-state index contributed by atoms with van der Waals surface area (Å²) in [5.41, 5.74) is 10.9. The number of hydrogen-bond donors (Lipinski definition) is 5. The third kappa shape index (κ3) is 5.28. The lowest BCUT2D eigenvalue weighted by Gasteiger charge is -2.15.